The van der Waals surface area contributed by atoms with Crippen molar-refractivity contribution in [3.05, 3.63) is 102 Å². The average molecular weight is 403 g/mol. The second-order valence-corrected chi connectivity index (χ2v) is 7.41. The Hall–Kier alpha value is -3.54. The lowest BCUT2D eigenvalue weighted by atomic mass is 9.88. The van der Waals surface area contributed by atoms with Crippen molar-refractivity contribution in [2.75, 3.05) is 13.1 Å². The summed E-state index contributed by atoms with van der Waals surface area (Å²) in [5.41, 5.74) is 2.41. The maximum absolute atomic E-state index is 13.2. The fourth-order valence-electron chi connectivity index (χ4n) is 3.87. The Bertz CT molecular complexity index is 1010. The van der Waals surface area contributed by atoms with E-state index in [9.17, 15) is 14.0 Å². The number of halogens is 1. The Balaban J connectivity index is 1.52. The molecule has 0 saturated carbocycles. The third-order valence-electron chi connectivity index (χ3n) is 5.48. The summed E-state index contributed by atoms with van der Waals surface area (Å²) in [6.07, 6.45) is 3.37. The fourth-order valence-corrected chi connectivity index (χ4v) is 3.87. The molecule has 0 radical (unpaired) electrons. The molecule has 1 N–H and O–H groups in total. The number of benzene rings is 2. The molecule has 2 aromatic carbocycles. The number of pyridine rings is 1. The van der Waals surface area contributed by atoms with Gasteiger partial charge in [0.05, 0.1) is 5.92 Å². The number of aromatic nitrogens is 1. The number of carbonyl (C=O) groups excluding carboxylic acids is 2. The molecule has 30 heavy (non-hydrogen) atoms. The molecule has 1 aliphatic heterocycles. The lowest BCUT2D eigenvalue weighted by Gasteiger charge is -2.18. The molecule has 2 atom stereocenters. The van der Waals surface area contributed by atoms with Gasteiger partial charge in [-0.3, -0.25) is 14.6 Å². The van der Waals surface area contributed by atoms with E-state index in [0.717, 1.165) is 11.1 Å². The van der Waals surface area contributed by atoms with Crippen molar-refractivity contribution >= 4 is 11.8 Å². The predicted octanol–water partition coefficient (Wildman–Crippen LogP) is 3.39. The Morgan fingerprint density at radius 1 is 0.967 bits per heavy atom. The van der Waals surface area contributed by atoms with Crippen molar-refractivity contribution in [2.45, 2.75) is 12.5 Å². The summed E-state index contributed by atoms with van der Waals surface area (Å²) >= 11 is 0. The summed E-state index contributed by atoms with van der Waals surface area (Å²) < 4.78 is 13.2. The molecule has 1 fully saturated rings. The smallest absolute Gasteiger partial charge is 0.253 e. The van der Waals surface area contributed by atoms with Gasteiger partial charge in [-0.2, -0.15) is 0 Å². The largest absolute Gasteiger partial charge is 0.352 e. The third kappa shape index (κ3) is 4.38. The molecule has 2 amide bonds. The first-order valence-electron chi connectivity index (χ1n) is 9.88. The highest BCUT2D eigenvalue weighted by molar-refractivity contribution is 5.95. The number of rotatable bonds is 5. The van der Waals surface area contributed by atoms with E-state index in [-0.39, 0.29) is 29.5 Å². The van der Waals surface area contributed by atoms with Crippen molar-refractivity contribution in [3.8, 4) is 0 Å². The van der Waals surface area contributed by atoms with E-state index < -0.39 is 0 Å². The van der Waals surface area contributed by atoms with Gasteiger partial charge in [-0.25, -0.2) is 4.39 Å². The number of nitrogens with one attached hydrogen (secondary N) is 1. The Morgan fingerprint density at radius 3 is 2.37 bits per heavy atom. The van der Waals surface area contributed by atoms with Crippen LogP contribution in [0, 0.1) is 11.7 Å². The normalized spacial score (nSPS) is 18.2. The van der Waals surface area contributed by atoms with Gasteiger partial charge >= 0.3 is 0 Å². The van der Waals surface area contributed by atoms with E-state index >= 15 is 0 Å². The molecule has 1 saturated heterocycles. The van der Waals surface area contributed by atoms with Gasteiger partial charge in [0.1, 0.15) is 5.82 Å². The van der Waals surface area contributed by atoms with Gasteiger partial charge in [-0.1, -0.05) is 30.3 Å². The lowest BCUT2D eigenvalue weighted by Crippen LogP contribution is -2.35. The zero-order valence-electron chi connectivity index (χ0n) is 16.4. The van der Waals surface area contributed by atoms with Gasteiger partial charge in [0.2, 0.25) is 5.91 Å². The van der Waals surface area contributed by atoms with Crippen molar-refractivity contribution < 1.29 is 14.0 Å². The number of likely N-dealkylation sites (tertiary alicyclic amines) is 1. The standard InChI is InChI=1S/C24H22FN3O2/c25-20-8-6-19(7-9-20)24(30)28-15-21(18-4-2-1-3-5-18)22(16-28)23(29)27-14-17-10-12-26-13-11-17/h1-13,21-22H,14-16H2,(H,27,29). The van der Waals surface area contributed by atoms with Gasteiger partial charge in [0.25, 0.3) is 5.91 Å². The van der Waals surface area contributed by atoms with Crippen LogP contribution in [0.4, 0.5) is 4.39 Å². The monoisotopic (exact) mass is 403 g/mol. The van der Waals surface area contributed by atoms with E-state index in [0.29, 0.717) is 25.2 Å². The number of nitrogens with zero attached hydrogens (tertiary/aromatic N) is 2. The minimum Gasteiger partial charge on any atom is -0.352 e. The van der Waals surface area contributed by atoms with Gasteiger partial charge in [-0.05, 0) is 47.5 Å². The van der Waals surface area contributed by atoms with Crippen LogP contribution in [0.3, 0.4) is 0 Å². The molecule has 1 aromatic heterocycles. The first-order chi connectivity index (χ1) is 14.6. The topological polar surface area (TPSA) is 62.3 Å². The van der Waals surface area contributed by atoms with E-state index in [1.165, 1.54) is 24.3 Å². The fraction of sp³-hybridized carbons (Fsp3) is 0.208. The van der Waals surface area contributed by atoms with Gasteiger partial charge < -0.3 is 10.2 Å². The average Bonchev–Trinajstić information content (AvgIpc) is 3.24. The molecule has 0 spiro atoms. The molecule has 4 rings (SSSR count). The summed E-state index contributed by atoms with van der Waals surface area (Å²) in [7, 11) is 0. The summed E-state index contributed by atoms with van der Waals surface area (Å²) in [5.74, 6) is -1.13. The number of hydrogen-bond donors (Lipinski definition) is 1. The van der Waals surface area contributed by atoms with Gasteiger partial charge in [-0.15, -0.1) is 0 Å². The van der Waals surface area contributed by atoms with Crippen LogP contribution in [0.1, 0.15) is 27.4 Å². The number of amides is 2. The molecule has 0 aliphatic carbocycles. The lowest BCUT2D eigenvalue weighted by molar-refractivity contribution is -0.125. The summed E-state index contributed by atoms with van der Waals surface area (Å²) in [4.78, 5) is 31.7. The van der Waals surface area contributed by atoms with Crippen LogP contribution in [0.15, 0.2) is 79.1 Å². The zero-order valence-corrected chi connectivity index (χ0v) is 16.4. The summed E-state index contributed by atoms with van der Waals surface area (Å²) in [6, 6.07) is 19.0. The molecule has 2 heterocycles. The maximum Gasteiger partial charge on any atom is 0.253 e. The second-order valence-electron chi connectivity index (χ2n) is 7.41. The predicted molar refractivity (Wildman–Crippen MR) is 111 cm³/mol. The zero-order chi connectivity index (χ0) is 20.9. The summed E-state index contributed by atoms with van der Waals surface area (Å²) in [5, 5.41) is 2.99. The second kappa shape index (κ2) is 8.86. The maximum atomic E-state index is 13.2. The molecule has 6 heteroatoms. The van der Waals surface area contributed by atoms with E-state index in [2.05, 4.69) is 10.3 Å². The van der Waals surface area contributed by atoms with E-state index in [1.807, 2.05) is 42.5 Å². The van der Waals surface area contributed by atoms with Crippen molar-refractivity contribution in [2.24, 2.45) is 5.92 Å². The van der Waals surface area contributed by atoms with Crippen LogP contribution >= 0.6 is 0 Å². The first kappa shape index (κ1) is 19.8. The van der Waals surface area contributed by atoms with Crippen molar-refractivity contribution in [3.63, 3.8) is 0 Å². The molecule has 5 nitrogen and oxygen atoms in total. The number of carbonyl (C=O) groups is 2. The highest BCUT2D eigenvalue weighted by Gasteiger charge is 2.40. The third-order valence-corrected chi connectivity index (χ3v) is 5.48. The van der Waals surface area contributed by atoms with Crippen LogP contribution in [0.5, 0.6) is 0 Å². The van der Waals surface area contributed by atoms with E-state index in [1.54, 1.807) is 17.3 Å². The molecular weight excluding hydrogens is 381 g/mol. The van der Waals surface area contributed by atoms with Crippen LogP contribution < -0.4 is 5.32 Å². The Morgan fingerprint density at radius 2 is 1.67 bits per heavy atom. The Kier molecular flexibility index (Phi) is 5.84. The molecule has 0 bridgehead atoms. The molecule has 3 aromatic rings. The van der Waals surface area contributed by atoms with Crippen LogP contribution in [0.25, 0.3) is 0 Å². The molecule has 152 valence electrons. The van der Waals surface area contributed by atoms with Crippen molar-refractivity contribution in [1.82, 2.24) is 15.2 Å². The van der Waals surface area contributed by atoms with Crippen LogP contribution in [0.2, 0.25) is 0 Å². The minimum atomic E-state index is -0.386. The summed E-state index contributed by atoms with van der Waals surface area (Å²) in [6.45, 7) is 1.16. The molecular formula is C24H22FN3O2. The quantitative estimate of drug-likeness (QED) is 0.710. The minimum absolute atomic E-state index is 0.0879. The highest BCUT2D eigenvalue weighted by Crippen LogP contribution is 2.33. The van der Waals surface area contributed by atoms with Gasteiger partial charge in [0.15, 0.2) is 0 Å². The first-order valence-corrected chi connectivity index (χ1v) is 9.88. The van der Waals surface area contributed by atoms with Crippen molar-refractivity contribution in [1.29, 1.82) is 0 Å². The Labute approximate surface area is 174 Å². The SMILES string of the molecule is O=C(NCc1ccncc1)C1CN(C(=O)c2ccc(F)cc2)CC1c1ccccc1. The molecule has 1 aliphatic rings. The van der Waals surface area contributed by atoms with Crippen LogP contribution in [-0.2, 0) is 11.3 Å². The number of hydrogen-bond acceptors (Lipinski definition) is 3. The van der Waals surface area contributed by atoms with Gasteiger partial charge in [0, 0.05) is 43.5 Å². The molecule has 2 unspecified atom stereocenters. The van der Waals surface area contributed by atoms with E-state index in [4.69, 9.17) is 0 Å². The highest BCUT2D eigenvalue weighted by atomic mass is 19.1. The van der Waals surface area contributed by atoms with Crippen LogP contribution in [-0.4, -0.2) is 34.8 Å².